The van der Waals surface area contributed by atoms with E-state index in [9.17, 15) is 0 Å². The van der Waals surface area contributed by atoms with Crippen LogP contribution in [0, 0.1) is 0 Å². The van der Waals surface area contributed by atoms with E-state index in [0.717, 1.165) is 68.2 Å². The van der Waals surface area contributed by atoms with Crippen LogP contribution >= 0.6 is 0 Å². The van der Waals surface area contributed by atoms with Crippen molar-refractivity contribution in [2.24, 2.45) is 0 Å². The molecule has 2 aliphatic carbocycles. The van der Waals surface area contributed by atoms with E-state index in [1.165, 1.54) is 110 Å². The lowest BCUT2D eigenvalue weighted by molar-refractivity contribution is 0.794. The second kappa shape index (κ2) is 23.5. The van der Waals surface area contributed by atoms with Crippen LogP contribution in [0.3, 0.4) is 0 Å². The molecule has 0 saturated carbocycles. The average Bonchev–Trinajstić information content (AvgIpc) is 1.49. The van der Waals surface area contributed by atoms with E-state index in [2.05, 4.69) is 408 Å². The van der Waals surface area contributed by atoms with Gasteiger partial charge in [-0.1, -0.05) is 357 Å². The molecule has 105 heavy (non-hydrogen) atoms. The van der Waals surface area contributed by atoms with Crippen LogP contribution in [0.5, 0.6) is 0 Å². The second-order valence-corrected chi connectivity index (χ2v) is 28.8. The van der Waals surface area contributed by atoms with Crippen LogP contribution in [0.2, 0.25) is 0 Å². The number of nitrogens with zero attached hydrogens (tertiary/aromatic N) is 4. The largest absolute Gasteiger partial charge is 0.306 e. The van der Waals surface area contributed by atoms with Gasteiger partial charge < -0.3 is 19.6 Å². The maximum atomic E-state index is 2.61. The van der Waals surface area contributed by atoms with Gasteiger partial charge in [-0.3, -0.25) is 0 Å². The first kappa shape index (κ1) is 59.6. The molecule has 8 heteroatoms. The maximum absolute atomic E-state index is 2.61. The summed E-state index contributed by atoms with van der Waals surface area (Å²) in [5, 5.41) is 0. The highest BCUT2D eigenvalue weighted by atomic mass is 15.3. The molecule has 0 N–H and O–H groups in total. The van der Waals surface area contributed by atoms with Gasteiger partial charge in [0.2, 0.25) is 26.9 Å². The smallest absolute Gasteiger partial charge is 0.240 e. The van der Waals surface area contributed by atoms with E-state index < -0.39 is 5.41 Å². The number of hydrogen-bond acceptors (Lipinski definition) is 4. The number of fused-ring (bicyclic) bond motifs is 20. The van der Waals surface area contributed by atoms with Gasteiger partial charge in [-0.25, -0.2) is 0 Å². The van der Waals surface area contributed by atoms with Gasteiger partial charge in [-0.15, -0.1) is 0 Å². The average molecular weight is 1330 g/mol. The van der Waals surface area contributed by atoms with Crippen molar-refractivity contribution in [3.05, 3.63) is 411 Å². The number of hydrogen-bond donors (Lipinski definition) is 0. The standard InChI is InChI=1S/C97H64B4N4/c1-7-31-65(32-8-1)98-79-43-19-21-45-81(79)100(67-35-11-3-12-36-67)95-83(98)61-59-77-93(95)73-63-71(104-89-51-27-23-47-85(89)102(69-39-15-5-16-40-69)86-48-24-28-52-90(86)104)55-57-75(73)97(77)76-58-56-72(105-91-53-29-25-49-87(91)103(70-41-17-6-18-42-70)88-50-26-30-54-92(88)105)64-74(76)94-78(97)60-62-84-96(94)101(68-37-13-4-14-38-68)82-46-22-20-44-80(82)99(84)66-33-9-2-10-34-66/h1-64H. The van der Waals surface area contributed by atoms with Crippen LogP contribution in [0.15, 0.2) is 388 Å². The fraction of sp³-hybridized carbons (Fsp3) is 0.0103. The Morgan fingerprint density at radius 3 is 0.724 bits per heavy atom. The third-order valence-corrected chi connectivity index (χ3v) is 23.7. The molecule has 22 rings (SSSR count). The molecule has 0 atom stereocenters. The molecule has 16 aromatic rings. The van der Waals surface area contributed by atoms with Crippen LogP contribution in [-0.4, -0.2) is 26.9 Å². The Balaban J connectivity index is 0.881. The predicted molar refractivity (Wildman–Crippen MR) is 446 cm³/mol. The number of para-hydroxylation sites is 10. The minimum absolute atomic E-state index is 0.0388. The molecule has 0 fully saturated rings. The third-order valence-electron chi connectivity index (χ3n) is 23.7. The summed E-state index contributed by atoms with van der Waals surface area (Å²) in [6.45, 7) is -0.297. The lowest BCUT2D eigenvalue weighted by Crippen LogP contribution is -2.75. The topological polar surface area (TPSA) is 13.0 Å². The van der Waals surface area contributed by atoms with E-state index in [-0.39, 0.29) is 26.9 Å². The van der Waals surface area contributed by atoms with E-state index in [0.29, 0.717) is 0 Å². The summed E-state index contributed by atoms with van der Waals surface area (Å²) in [5.41, 5.74) is 38.8. The van der Waals surface area contributed by atoms with Crippen molar-refractivity contribution in [3.8, 4) is 22.3 Å². The first-order valence-electron chi connectivity index (χ1n) is 36.9. The van der Waals surface area contributed by atoms with Crippen LogP contribution in [0.1, 0.15) is 22.3 Å². The number of benzene rings is 16. The summed E-state index contributed by atoms with van der Waals surface area (Å²) >= 11 is 0. The highest BCUT2D eigenvalue weighted by Crippen LogP contribution is 2.65. The Morgan fingerprint density at radius 1 is 0.181 bits per heavy atom. The SMILES string of the molecule is c1ccc(B2c3ccccc3B(c3ccccc3)c3c2ccc2c3-c3cc(N4c5ccccc5N(c5ccccc5)c5ccccc54)ccc3C23c2ccc(N4c5ccccc5N(c5ccccc5)c5ccccc54)cc2-c2c3ccc3c2B(c2ccccc2)c2ccccc2B3c2ccccc2)cc1. The van der Waals surface area contributed by atoms with Crippen molar-refractivity contribution in [2.75, 3.05) is 19.6 Å². The first-order valence-corrected chi connectivity index (χ1v) is 36.9. The molecule has 0 aromatic heterocycles. The van der Waals surface area contributed by atoms with E-state index in [1.807, 2.05) is 0 Å². The molecule has 484 valence electrons. The minimum Gasteiger partial charge on any atom is -0.306 e. The van der Waals surface area contributed by atoms with Crippen molar-refractivity contribution < 1.29 is 0 Å². The summed E-state index contributed by atoms with van der Waals surface area (Å²) in [5.74, 6) is 0. The van der Waals surface area contributed by atoms with Gasteiger partial charge >= 0.3 is 0 Å². The van der Waals surface area contributed by atoms with Gasteiger partial charge in [0.05, 0.1) is 50.9 Å². The van der Waals surface area contributed by atoms with Crippen LogP contribution < -0.4 is 85.2 Å². The molecule has 4 nitrogen and oxygen atoms in total. The van der Waals surface area contributed by atoms with Crippen molar-refractivity contribution in [3.63, 3.8) is 0 Å². The molecular weight excluding hydrogens is 1260 g/mol. The zero-order chi connectivity index (χ0) is 68.8. The van der Waals surface area contributed by atoms with Gasteiger partial charge in [0, 0.05) is 22.7 Å². The fourth-order valence-electron chi connectivity index (χ4n) is 19.8. The molecule has 0 amide bonds. The predicted octanol–water partition coefficient (Wildman–Crippen LogP) is 15.2. The molecular formula is C97H64B4N4. The zero-order valence-corrected chi connectivity index (χ0v) is 57.5. The summed E-state index contributed by atoms with van der Waals surface area (Å²) < 4.78 is 0. The van der Waals surface area contributed by atoms with E-state index in [1.54, 1.807) is 0 Å². The van der Waals surface area contributed by atoms with Crippen molar-refractivity contribution in [1.29, 1.82) is 0 Å². The van der Waals surface area contributed by atoms with Gasteiger partial charge in [0.25, 0.3) is 0 Å². The molecule has 16 aromatic carbocycles. The molecule has 0 saturated heterocycles. The molecule has 0 radical (unpaired) electrons. The van der Waals surface area contributed by atoms with Crippen LogP contribution in [0.4, 0.5) is 68.2 Å². The highest BCUT2D eigenvalue weighted by Gasteiger charge is 2.57. The fourth-order valence-corrected chi connectivity index (χ4v) is 19.8. The van der Waals surface area contributed by atoms with Crippen LogP contribution in [0.25, 0.3) is 22.3 Å². The van der Waals surface area contributed by atoms with Crippen molar-refractivity contribution >= 4 is 161 Å². The Bertz CT molecular complexity index is 5700. The van der Waals surface area contributed by atoms with Crippen molar-refractivity contribution in [2.45, 2.75) is 5.41 Å². The summed E-state index contributed by atoms with van der Waals surface area (Å²) in [6.07, 6.45) is 0. The second-order valence-electron chi connectivity index (χ2n) is 28.8. The minimum atomic E-state index is -0.832. The monoisotopic (exact) mass is 1330 g/mol. The molecule has 4 aliphatic heterocycles. The Labute approximate surface area is 614 Å². The lowest BCUT2D eigenvalue weighted by atomic mass is 9.20. The van der Waals surface area contributed by atoms with Gasteiger partial charge in [0.15, 0.2) is 0 Å². The summed E-state index contributed by atoms with van der Waals surface area (Å²) in [7, 11) is 0. The van der Waals surface area contributed by atoms with E-state index >= 15 is 0 Å². The lowest BCUT2D eigenvalue weighted by Gasteiger charge is -2.40. The Morgan fingerprint density at radius 2 is 0.419 bits per heavy atom. The zero-order valence-electron chi connectivity index (χ0n) is 57.5. The Hall–Kier alpha value is -13.0. The van der Waals surface area contributed by atoms with Crippen molar-refractivity contribution in [1.82, 2.24) is 0 Å². The normalized spacial score (nSPS) is 14.0. The highest BCUT2D eigenvalue weighted by molar-refractivity contribution is 7.12. The molecule has 1 spiro atoms. The third kappa shape index (κ3) is 8.63. The molecule has 0 bridgehead atoms. The molecule has 6 aliphatic rings. The molecule has 4 heterocycles. The molecule has 0 unspecified atom stereocenters. The van der Waals surface area contributed by atoms with Gasteiger partial charge in [-0.05, 0) is 142 Å². The quantitative estimate of drug-likeness (QED) is 0.141. The Kier molecular flexibility index (Phi) is 13.4. The first-order chi connectivity index (χ1) is 52.2. The summed E-state index contributed by atoms with van der Waals surface area (Å²) in [4.78, 5) is 9.95. The van der Waals surface area contributed by atoms with Gasteiger partial charge in [0.1, 0.15) is 0 Å². The maximum Gasteiger partial charge on any atom is 0.240 e. The van der Waals surface area contributed by atoms with Crippen LogP contribution in [-0.2, 0) is 5.41 Å². The number of anilines is 12. The number of rotatable bonds is 8. The van der Waals surface area contributed by atoms with Gasteiger partial charge in [-0.2, -0.15) is 0 Å². The van der Waals surface area contributed by atoms with E-state index in [4.69, 9.17) is 0 Å². The summed E-state index contributed by atoms with van der Waals surface area (Å²) in [6, 6.07) is 147.